The average Bonchev–Trinajstić information content (AvgIpc) is 2.48. The van der Waals surface area contributed by atoms with E-state index in [4.69, 9.17) is 0 Å². The molecule has 1 aromatic rings. The minimum Gasteiger partial charge on any atom is -0.349 e. The average molecular weight is 338 g/mol. The predicted molar refractivity (Wildman–Crippen MR) is 93.3 cm³/mol. The van der Waals surface area contributed by atoms with Crippen LogP contribution in [0, 0.1) is 0 Å². The van der Waals surface area contributed by atoms with Crippen molar-refractivity contribution in [1.82, 2.24) is 5.32 Å². The van der Waals surface area contributed by atoms with Gasteiger partial charge in [-0.25, -0.2) is 8.42 Å². The standard InChI is InChI=1S/C17H26N2O3S/c1-19(23(2,21)22)16-13-9-8-12-15(16)17(20)18-14-10-6-4-3-5-7-11-14/h8-9,12-14H,3-7,10-11H2,1-2H3,(H,18,20). The summed E-state index contributed by atoms with van der Waals surface area (Å²) < 4.78 is 24.7. The first-order chi connectivity index (χ1) is 10.9. The van der Waals surface area contributed by atoms with Crippen LogP contribution < -0.4 is 9.62 Å². The minimum absolute atomic E-state index is 0.180. The molecule has 0 unspecified atom stereocenters. The second kappa shape index (κ2) is 7.81. The summed E-state index contributed by atoms with van der Waals surface area (Å²) in [6.45, 7) is 0. The van der Waals surface area contributed by atoms with Crippen molar-refractivity contribution in [1.29, 1.82) is 0 Å². The van der Waals surface area contributed by atoms with Gasteiger partial charge in [0.05, 0.1) is 17.5 Å². The summed E-state index contributed by atoms with van der Waals surface area (Å²) in [5.41, 5.74) is 0.820. The van der Waals surface area contributed by atoms with Gasteiger partial charge >= 0.3 is 0 Å². The molecular formula is C17H26N2O3S. The molecule has 0 spiro atoms. The van der Waals surface area contributed by atoms with Crippen molar-refractivity contribution in [3.8, 4) is 0 Å². The van der Waals surface area contributed by atoms with Crippen LogP contribution in [0.3, 0.4) is 0 Å². The normalized spacial score (nSPS) is 17.1. The fraction of sp³-hybridized carbons (Fsp3) is 0.588. The van der Waals surface area contributed by atoms with E-state index in [0.29, 0.717) is 11.3 Å². The number of nitrogens with zero attached hydrogens (tertiary/aromatic N) is 1. The first-order valence-corrected chi connectivity index (χ1v) is 10.1. The van der Waals surface area contributed by atoms with E-state index >= 15 is 0 Å². The first kappa shape index (κ1) is 17.8. The Kier molecular flexibility index (Phi) is 6.04. The molecule has 1 saturated carbocycles. The molecule has 0 bridgehead atoms. The number of rotatable bonds is 4. The van der Waals surface area contributed by atoms with Crippen molar-refractivity contribution in [3.05, 3.63) is 29.8 Å². The molecule has 5 nitrogen and oxygen atoms in total. The Bertz CT molecular complexity index is 635. The van der Waals surface area contributed by atoms with Gasteiger partial charge in [-0.15, -0.1) is 0 Å². The maximum absolute atomic E-state index is 12.6. The molecule has 1 amide bonds. The Morgan fingerprint density at radius 1 is 1.09 bits per heavy atom. The zero-order valence-corrected chi connectivity index (χ0v) is 14.7. The van der Waals surface area contributed by atoms with Gasteiger partial charge < -0.3 is 5.32 Å². The van der Waals surface area contributed by atoms with Gasteiger partial charge in [0.2, 0.25) is 10.0 Å². The van der Waals surface area contributed by atoms with Gasteiger partial charge in [0.25, 0.3) is 5.91 Å². The molecule has 128 valence electrons. The SMILES string of the molecule is CN(c1ccccc1C(=O)NC1CCCCCCC1)S(C)(=O)=O. The predicted octanol–water partition coefficient (Wildman–Crippen LogP) is 2.93. The van der Waals surface area contributed by atoms with Gasteiger partial charge in [-0.3, -0.25) is 9.10 Å². The van der Waals surface area contributed by atoms with Crippen molar-refractivity contribution in [3.63, 3.8) is 0 Å². The van der Waals surface area contributed by atoms with E-state index in [-0.39, 0.29) is 11.9 Å². The lowest BCUT2D eigenvalue weighted by molar-refractivity contribution is 0.0931. The van der Waals surface area contributed by atoms with Gasteiger partial charge in [-0.05, 0) is 25.0 Å². The molecule has 1 N–H and O–H groups in total. The molecule has 1 fully saturated rings. The molecule has 1 aromatic carbocycles. The molecule has 0 aliphatic heterocycles. The van der Waals surface area contributed by atoms with E-state index in [2.05, 4.69) is 5.32 Å². The highest BCUT2D eigenvalue weighted by atomic mass is 32.2. The maximum Gasteiger partial charge on any atom is 0.253 e. The maximum atomic E-state index is 12.6. The largest absolute Gasteiger partial charge is 0.349 e. The third-order valence-electron chi connectivity index (χ3n) is 4.43. The molecule has 23 heavy (non-hydrogen) atoms. The summed E-state index contributed by atoms with van der Waals surface area (Å²) in [6, 6.07) is 7.01. The smallest absolute Gasteiger partial charge is 0.253 e. The summed E-state index contributed by atoms with van der Waals surface area (Å²) >= 11 is 0. The van der Waals surface area contributed by atoms with Crippen LogP contribution in [0.15, 0.2) is 24.3 Å². The third kappa shape index (κ3) is 4.96. The summed E-state index contributed by atoms with van der Waals surface area (Å²) in [7, 11) is -1.93. The Morgan fingerprint density at radius 3 is 2.26 bits per heavy atom. The number of para-hydroxylation sites is 1. The summed E-state index contributed by atoms with van der Waals surface area (Å²) in [5, 5.41) is 3.09. The van der Waals surface area contributed by atoms with E-state index in [1.807, 2.05) is 0 Å². The molecule has 2 rings (SSSR count). The van der Waals surface area contributed by atoms with Crippen LogP contribution in [0.25, 0.3) is 0 Å². The van der Waals surface area contributed by atoms with Gasteiger partial charge in [0.15, 0.2) is 0 Å². The molecule has 6 heteroatoms. The van der Waals surface area contributed by atoms with Crippen LogP contribution in [-0.2, 0) is 10.0 Å². The van der Waals surface area contributed by atoms with E-state index in [1.165, 1.54) is 26.3 Å². The number of sulfonamides is 1. The van der Waals surface area contributed by atoms with Crippen LogP contribution in [0.2, 0.25) is 0 Å². The van der Waals surface area contributed by atoms with Gasteiger partial charge in [-0.2, -0.15) is 0 Å². The number of carbonyl (C=O) groups excluding carboxylic acids is 1. The lowest BCUT2D eigenvalue weighted by atomic mass is 9.96. The highest BCUT2D eigenvalue weighted by molar-refractivity contribution is 7.92. The topological polar surface area (TPSA) is 66.5 Å². The molecule has 0 aromatic heterocycles. The van der Waals surface area contributed by atoms with Crippen molar-refractivity contribution >= 4 is 21.6 Å². The van der Waals surface area contributed by atoms with Crippen LogP contribution in [-0.4, -0.2) is 33.7 Å². The van der Waals surface area contributed by atoms with Crippen molar-refractivity contribution in [2.24, 2.45) is 0 Å². The van der Waals surface area contributed by atoms with Crippen molar-refractivity contribution in [2.75, 3.05) is 17.6 Å². The van der Waals surface area contributed by atoms with Crippen LogP contribution in [0.5, 0.6) is 0 Å². The van der Waals surface area contributed by atoms with Crippen molar-refractivity contribution < 1.29 is 13.2 Å². The second-order valence-electron chi connectivity index (χ2n) is 6.26. The number of amides is 1. The van der Waals surface area contributed by atoms with E-state index < -0.39 is 10.0 Å². The zero-order valence-electron chi connectivity index (χ0n) is 13.9. The van der Waals surface area contributed by atoms with Crippen LogP contribution in [0.4, 0.5) is 5.69 Å². The first-order valence-electron chi connectivity index (χ1n) is 8.23. The summed E-state index contributed by atoms with van der Waals surface area (Å²) in [4.78, 5) is 12.6. The molecule has 0 radical (unpaired) electrons. The van der Waals surface area contributed by atoms with Crippen LogP contribution in [0.1, 0.15) is 55.3 Å². The quantitative estimate of drug-likeness (QED) is 0.918. The van der Waals surface area contributed by atoms with Gasteiger partial charge in [0.1, 0.15) is 0 Å². The Balaban J connectivity index is 2.16. The van der Waals surface area contributed by atoms with E-state index in [0.717, 1.165) is 36.2 Å². The fourth-order valence-corrected chi connectivity index (χ4v) is 3.50. The molecule has 1 aliphatic rings. The summed E-state index contributed by atoms with van der Waals surface area (Å²) in [5.74, 6) is -0.193. The molecule has 0 saturated heterocycles. The number of nitrogens with one attached hydrogen (secondary N) is 1. The number of carbonyl (C=O) groups is 1. The van der Waals surface area contributed by atoms with Gasteiger partial charge in [0, 0.05) is 13.1 Å². The van der Waals surface area contributed by atoms with Crippen molar-refractivity contribution in [2.45, 2.75) is 51.0 Å². The Labute approximate surface area is 139 Å². The molecule has 0 heterocycles. The molecule has 0 atom stereocenters. The second-order valence-corrected chi connectivity index (χ2v) is 8.28. The third-order valence-corrected chi connectivity index (χ3v) is 5.62. The molecule has 1 aliphatic carbocycles. The number of hydrogen-bond donors (Lipinski definition) is 1. The highest BCUT2D eigenvalue weighted by Gasteiger charge is 2.21. The number of hydrogen-bond acceptors (Lipinski definition) is 3. The van der Waals surface area contributed by atoms with Gasteiger partial charge in [-0.1, -0.05) is 44.2 Å². The summed E-state index contributed by atoms with van der Waals surface area (Å²) in [6.07, 6.45) is 9.12. The monoisotopic (exact) mass is 338 g/mol. The Hall–Kier alpha value is -1.56. The zero-order chi connectivity index (χ0) is 16.9. The molecular weight excluding hydrogens is 312 g/mol. The van der Waals surface area contributed by atoms with E-state index in [1.54, 1.807) is 24.3 Å². The number of anilines is 1. The van der Waals surface area contributed by atoms with Crippen LogP contribution >= 0.6 is 0 Å². The Morgan fingerprint density at radius 2 is 1.65 bits per heavy atom. The highest BCUT2D eigenvalue weighted by Crippen LogP contribution is 2.23. The number of benzene rings is 1. The lowest BCUT2D eigenvalue weighted by Crippen LogP contribution is -2.36. The minimum atomic E-state index is -3.40. The lowest BCUT2D eigenvalue weighted by Gasteiger charge is -2.23. The van der Waals surface area contributed by atoms with E-state index in [9.17, 15) is 13.2 Å². The fourth-order valence-electron chi connectivity index (χ4n) is 2.98.